The van der Waals surface area contributed by atoms with Crippen LogP contribution in [0.4, 0.5) is 11.6 Å². The van der Waals surface area contributed by atoms with Crippen molar-refractivity contribution < 1.29 is 45.2 Å². The third kappa shape index (κ3) is 17.5. The minimum Gasteiger partial charge on any atom is -0.484 e. The first-order chi connectivity index (χ1) is 28.4. The largest absolute Gasteiger partial charge is 0.484 e. The van der Waals surface area contributed by atoms with E-state index in [0.29, 0.717) is 30.9 Å². The minimum atomic E-state index is -3.08. The van der Waals surface area contributed by atoms with Gasteiger partial charge in [0, 0.05) is 38.4 Å². The molecule has 1 saturated heterocycles. The van der Waals surface area contributed by atoms with Gasteiger partial charge in [-0.25, -0.2) is 26.8 Å². The van der Waals surface area contributed by atoms with E-state index >= 15 is 0 Å². The molecular formula is C40H58ClN8O9S2+. The number of hydrogen-bond acceptors (Lipinski definition) is 13. The quantitative estimate of drug-likeness (QED) is 0.0640. The van der Waals surface area contributed by atoms with Crippen LogP contribution in [0.2, 0.25) is 5.15 Å². The Kier molecular flexibility index (Phi) is 18.2. The van der Waals surface area contributed by atoms with Crippen LogP contribution in [0.3, 0.4) is 0 Å². The number of halogens is 1. The Bertz CT molecular complexity index is 2020. The predicted octanol–water partition coefficient (Wildman–Crippen LogP) is 2.13. The lowest BCUT2D eigenvalue weighted by Crippen LogP contribution is -2.60. The molecule has 0 aliphatic carbocycles. The summed E-state index contributed by atoms with van der Waals surface area (Å²) in [6.07, 6.45) is 8.11. The molecular weight excluding hydrogens is 836 g/mol. The number of hydrogen-bond donors (Lipinski definition) is 5. The van der Waals surface area contributed by atoms with Gasteiger partial charge in [0.25, 0.3) is 17.7 Å². The molecule has 1 aromatic heterocycles. The lowest BCUT2D eigenvalue weighted by Gasteiger charge is -2.45. The van der Waals surface area contributed by atoms with Crippen LogP contribution in [0.1, 0.15) is 60.1 Å². The fourth-order valence-electron chi connectivity index (χ4n) is 7.09. The van der Waals surface area contributed by atoms with Crippen molar-refractivity contribution in [2.24, 2.45) is 0 Å². The maximum absolute atomic E-state index is 13.3. The molecule has 1 fully saturated rings. The van der Waals surface area contributed by atoms with Crippen molar-refractivity contribution in [1.82, 2.24) is 25.9 Å². The molecule has 330 valence electrons. The number of quaternary nitrogens is 1. The van der Waals surface area contributed by atoms with Crippen molar-refractivity contribution in [3.05, 3.63) is 70.5 Å². The van der Waals surface area contributed by atoms with Gasteiger partial charge in [-0.3, -0.25) is 14.4 Å². The predicted molar refractivity (Wildman–Crippen MR) is 231 cm³/mol. The van der Waals surface area contributed by atoms with Crippen LogP contribution in [0, 0.1) is 0 Å². The number of piperidine rings is 1. The molecule has 60 heavy (non-hydrogen) atoms. The first-order valence-electron chi connectivity index (χ1n) is 20.0. The van der Waals surface area contributed by atoms with E-state index in [2.05, 4.69) is 25.9 Å². The zero-order valence-corrected chi connectivity index (χ0v) is 36.7. The Morgan fingerprint density at radius 2 is 1.23 bits per heavy atom. The number of rotatable bonds is 24. The summed E-state index contributed by atoms with van der Waals surface area (Å²) >= 11 is 6.06. The number of sulfone groups is 2. The third-order valence-corrected chi connectivity index (χ3v) is 12.4. The van der Waals surface area contributed by atoms with Gasteiger partial charge in [0.1, 0.15) is 31.2 Å². The van der Waals surface area contributed by atoms with E-state index in [0.717, 1.165) is 86.3 Å². The topological polar surface area (TPSA) is 252 Å². The molecule has 1 aliphatic rings. The average Bonchev–Trinajstić information content (AvgIpc) is 3.18. The summed E-state index contributed by atoms with van der Waals surface area (Å²) in [5.74, 6) is -0.104. The number of amides is 3. The Morgan fingerprint density at radius 3 is 1.70 bits per heavy atom. The molecule has 0 bridgehead atoms. The number of carbonyl (C=O) groups excluding carboxylic acids is 3. The zero-order valence-electron chi connectivity index (χ0n) is 34.3. The molecule has 0 radical (unpaired) electrons. The number of nitrogens with two attached hydrogens (primary N) is 2. The van der Waals surface area contributed by atoms with Crippen molar-refractivity contribution in [1.29, 1.82) is 0 Å². The number of carbonyl (C=O) groups is 3. The summed E-state index contributed by atoms with van der Waals surface area (Å²) in [5.41, 5.74) is 13.9. The standard InChI is InChI=1S/C40H57ClN8O9S2/c1-59(53,54)24-6-19-44-34(50)27-57-32-15-11-29(12-16-32)8-3-21-49(23-5-10-31(26-49)46-40(52)36-38(42)48-39(43)37(41)47-36)22-4-9-30-13-17-33(18-14-30)58-28-35(51)45-20-7-25-60(2,55)56/h11-18,31H,3-10,19-28H2,1-2H3,(H6-,42,43,44,45,46,48,50,51,52)/p+1/t31-/m0/s1. The van der Waals surface area contributed by atoms with Crippen molar-refractivity contribution in [2.45, 2.75) is 57.4 Å². The number of nitrogens with one attached hydrogen (secondary N) is 3. The van der Waals surface area contributed by atoms with E-state index < -0.39 is 25.6 Å². The number of ether oxygens (including phenoxy) is 2. The summed E-state index contributed by atoms with van der Waals surface area (Å²) in [6, 6.07) is 15.1. The molecule has 17 nitrogen and oxygen atoms in total. The van der Waals surface area contributed by atoms with E-state index in [1.54, 1.807) is 0 Å². The lowest BCUT2D eigenvalue weighted by atomic mass is 9.99. The van der Waals surface area contributed by atoms with Crippen LogP contribution in [-0.2, 0) is 42.1 Å². The van der Waals surface area contributed by atoms with Gasteiger partial charge in [-0.15, -0.1) is 0 Å². The van der Waals surface area contributed by atoms with Gasteiger partial charge in [-0.1, -0.05) is 35.9 Å². The monoisotopic (exact) mass is 893 g/mol. The molecule has 0 saturated carbocycles. The highest BCUT2D eigenvalue weighted by Gasteiger charge is 2.35. The van der Waals surface area contributed by atoms with Crippen molar-refractivity contribution in [3.8, 4) is 11.5 Å². The van der Waals surface area contributed by atoms with Gasteiger partial charge in [0.2, 0.25) is 0 Å². The first-order valence-corrected chi connectivity index (χ1v) is 24.5. The molecule has 4 rings (SSSR count). The van der Waals surface area contributed by atoms with E-state index in [-0.39, 0.29) is 78.1 Å². The fraction of sp³-hybridized carbons (Fsp3) is 0.525. The molecule has 2 heterocycles. The van der Waals surface area contributed by atoms with Crippen molar-refractivity contribution >= 4 is 60.6 Å². The summed E-state index contributed by atoms with van der Waals surface area (Å²) in [4.78, 5) is 45.6. The minimum absolute atomic E-state index is 0.00930. The molecule has 0 spiro atoms. The SMILES string of the molecule is CS(=O)(=O)CCCNC(=O)COc1ccc(CCC[N+]2(CCCc3ccc(OCC(=O)NCCCS(C)(=O)=O)cc3)CCC[C@H](NC(=O)c3nc(Cl)c(N)nc3N)C2)cc1. The molecule has 3 aromatic rings. The van der Waals surface area contributed by atoms with Gasteiger partial charge < -0.3 is 41.4 Å². The number of aryl methyl sites for hydroxylation is 2. The van der Waals surface area contributed by atoms with Gasteiger partial charge in [-0.2, -0.15) is 0 Å². The maximum atomic E-state index is 13.3. The second-order valence-electron chi connectivity index (χ2n) is 15.4. The van der Waals surface area contributed by atoms with Gasteiger partial charge >= 0.3 is 0 Å². The first kappa shape index (κ1) is 48.0. The van der Waals surface area contributed by atoms with E-state index in [4.69, 9.17) is 32.5 Å². The summed E-state index contributed by atoms with van der Waals surface area (Å²) in [7, 11) is -6.16. The number of nitrogens with zero attached hydrogens (tertiary/aromatic N) is 3. The normalized spacial score (nSPS) is 15.2. The Hall–Kier alpha value is -4.72. The van der Waals surface area contributed by atoms with Gasteiger partial charge in [-0.05, 0) is 73.9 Å². The number of likely N-dealkylation sites (tertiary alicyclic amines) is 1. The molecule has 1 atom stereocenters. The Balaban J connectivity index is 1.31. The van der Waals surface area contributed by atoms with E-state index in [1.807, 2.05) is 48.5 Å². The second-order valence-corrected chi connectivity index (χ2v) is 20.3. The number of nitrogen functional groups attached to an aromatic ring is 2. The molecule has 1 aliphatic heterocycles. The summed E-state index contributed by atoms with van der Waals surface area (Å²) in [5, 5.41) is 8.36. The van der Waals surface area contributed by atoms with Crippen LogP contribution in [0.25, 0.3) is 0 Å². The van der Waals surface area contributed by atoms with E-state index in [1.165, 1.54) is 0 Å². The third-order valence-electron chi connectivity index (χ3n) is 10.1. The lowest BCUT2D eigenvalue weighted by molar-refractivity contribution is -0.933. The number of anilines is 2. The van der Waals surface area contributed by atoms with Crippen LogP contribution >= 0.6 is 11.6 Å². The highest BCUT2D eigenvalue weighted by molar-refractivity contribution is 7.90. The fourth-order valence-corrected chi connectivity index (χ4v) is 8.55. The maximum Gasteiger partial charge on any atom is 0.274 e. The Labute approximate surface area is 357 Å². The smallest absolute Gasteiger partial charge is 0.274 e. The Morgan fingerprint density at radius 1 is 0.750 bits per heavy atom. The van der Waals surface area contributed by atoms with E-state index in [9.17, 15) is 31.2 Å². The zero-order chi connectivity index (χ0) is 43.8. The number of aromatic nitrogens is 2. The van der Waals surface area contributed by atoms with Crippen molar-refractivity contribution in [3.63, 3.8) is 0 Å². The summed E-state index contributed by atoms with van der Waals surface area (Å²) < 4.78 is 57.2. The van der Waals surface area contributed by atoms with Crippen molar-refractivity contribution in [2.75, 3.05) is 88.0 Å². The molecule has 3 amide bonds. The van der Waals surface area contributed by atoms with Gasteiger partial charge in [0.15, 0.2) is 35.7 Å². The molecule has 0 unspecified atom stereocenters. The highest BCUT2D eigenvalue weighted by Crippen LogP contribution is 2.25. The molecule has 7 N–H and O–H groups in total. The van der Waals surface area contributed by atoms with Gasteiger partial charge in [0.05, 0.1) is 43.7 Å². The second kappa shape index (κ2) is 22.8. The number of benzene rings is 2. The van der Waals surface area contributed by atoms with Crippen LogP contribution < -0.4 is 36.9 Å². The average molecular weight is 895 g/mol. The van der Waals surface area contributed by atoms with Crippen LogP contribution in [0.5, 0.6) is 11.5 Å². The summed E-state index contributed by atoms with van der Waals surface area (Å²) in [6.45, 7) is 3.60. The van der Waals surface area contributed by atoms with Crippen LogP contribution in [-0.4, -0.2) is 132 Å². The molecule has 20 heteroatoms. The molecule has 2 aromatic carbocycles. The highest BCUT2D eigenvalue weighted by atomic mass is 35.5. The van der Waals surface area contributed by atoms with Crippen LogP contribution in [0.15, 0.2) is 48.5 Å².